The molecule has 0 fully saturated rings. The Labute approximate surface area is 230 Å². The second-order valence-electron chi connectivity index (χ2n) is 8.72. The first-order valence-electron chi connectivity index (χ1n) is 12.9. The number of aromatic nitrogens is 4. The van der Waals surface area contributed by atoms with Crippen LogP contribution in [0.15, 0.2) is 52.1 Å². The van der Waals surface area contributed by atoms with Gasteiger partial charge in [0, 0.05) is 5.70 Å². The van der Waals surface area contributed by atoms with Crippen LogP contribution in [0.4, 0.5) is 11.6 Å². The second-order valence-corrected chi connectivity index (χ2v) is 9.57. The molecule has 0 bridgehead atoms. The summed E-state index contributed by atoms with van der Waals surface area (Å²) in [5.41, 5.74) is 2.44. The van der Waals surface area contributed by atoms with Gasteiger partial charge in [-0.15, -0.1) is 0 Å². The van der Waals surface area contributed by atoms with Gasteiger partial charge in [0.25, 0.3) is 5.91 Å². The summed E-state index contributed by atoms with van der Waals surface area (Å²) in [5.74, 6) is 1.95. The van der Waals surface area contributed by atoms with E-state index in [0.717, 1.165) is 29.3 Å². The molecule has 0 spiro atoms. The first-order valence-corrected chi connectivity index (χ1v) is 13.7. The zero-order valence-corrected chi connectivity index (χ0v) is 23.7. The molecule has 2 heterocycles. The number of allylic oxidation sites excluding steroid dienone is 1. The number of hydrogen-bond acceptors (Lipinski definition) is 8. The van der Waals surface area contributed by atoms with Gasteiger partial charge >= 0.3 is 0 Å². The van der Waals surface area contributed by atoms with E-state index in [4.69, 9.17) is 14.2 Å². The Morgan fingerprint density at radius 3 is 2.61 bits per heavy atom. The van der Waals surface area contributed by atoms with Gasteiger partial charge in [-0.3, -0.25) is 4.79 Å². The Morgan fingerprint density at radius 2 is 1.84 bits per heavy atom. The molecule has 2 N–H and O–H groups in total. The van der Waals surface area contributed by atoms with Gasteiger partial charge in [-0.2, -0.15) is 4.68 Å². The molecule has 11 heteroatoms. The Kier molecular flexibility index (Phi) is 9.22. The maximum Gasteiger partial charge on any atom is 0.255 e. The highest BCUT2D eigenvalue weighted by atomic mass is 79.9. The van der Waals surface area contributed by atoms with Crippen molar-refractivity contribution in [2.24, 2.45) is 0 Å². The fourth-order valence-electron chi connectivity index (χ4n) is 4.33. The highest BCUT2D eigenvalue weighted by Gasteiger charge is 2.35. The van der Waals surface area contributed by atoms with E-state index in [2.05, 4.69) is 49.0 Å². The number of ether oxygens (including phenoxy) is 3. The van der Waals surface area contributed by atoms with Crippen LogP contribution in [0.25, 0.3) is 0 Å². The largest absolute Gasteiger partial charge is 0.492 e. The summed E-state index contributed by atoms with van der Waals surface area (Å²) in [6.07, 6.45) is 3.15. The normalized spacial score (nSPS) is 14.5. The topological polar surface area (TPSA) is 112 Å². The lowest BCUT2D eigenvalue weighted by molar-refractivity contribution is -0.113. The number of rotatable bonds is 12. The predicted octanol–water partition coefficient (Wildman–Crippen LogP) is 5.73. The van der Waals surface area contributed by atoms with Crippen LogP contribution in [0.5, 0.6) is 17.2 Å². The SMILES string of the molecule is CCCCCOc1c(Br)cc(C2C(C(=O)Nc3ccccc3OCC)=C(C)Nc3nnnn32)cc1OCC. The average molecular weight is 586 g/mol. The summed E-state index contributed by atoms with van der Waals surface area (Å²) in [7, 11) is 0. The molecule has 38 heavy (non-hydrogen) atoms. The van der Waals surface area contributed by atoms with Crippen molar-refractivity contribution in [1.29, 1.82) is 0 Å². The van der Waals surface area contributed by atoms with Crippen LogP contribution in [0.2, 0.25) is 0 Å². The Hall–Kier alpha value is -3.60. The first kappa shape index (κ1) is 27.4. The summed E-state index contributed by atoms with van der Waals surface area (Å²) in [6, 6.07) is 10.5. The summed E-state index contributed by atoms with van der Waals surface area (Å²) < 4.78 is 20.1. The number of nitrogens with zero attached hydrogens (tertiary/aromatic N) is 4. The molecule has 1 unspecified atom stereocenters. The van der Waals surface area contributed by atoms with E-state index in [9.17, 15) is 4.79 Å². The van der Waals surface area contributed by atoms with Gasteiger partial charge in [0.1, 0.15) is 11.8 Å². The molecule has 4 rings (SSSR count). The number of para-hydroxylation sites is 2. The van der Waals surface area contributed by atoms with Gasteiger partial charge in [-0.05, 0) is 83.4 Å². The maximum atomic E-state index is 13.8. The van der Waals surface area contributed by atoms with Crippen molar-refractivity contribution in [3.05, 3.63) is 57.7 Å². The third kappa shape index (κ3) is 5.93. The minimum Gasteiger partial charge on any atom is -0.492 e. The predicted molar refractivity (Wildman–Crippen MR) is 149 cm³/mol. The molecule has 0 aliphatic carbocycles. The highest BCUT2D eigenvalue weighted by Crippen LogP contribution is 2.43. The second kappa shape index (κ2) is 12.8. The number of halogens is 1. The molecule has 0 radical (unpaired) electrons. The summed E-state index contributed by atoms with van der Waals surface area (Å²) in [4.78, 5) is 13.8. The van der Waals surface area contributed by atoms with E-state index < -0.39 is 6.04 Å². The Morgan fingerprint density at radius 1 is 1.08 bits per heavy atom. The highest BCUT2D eigenvalue weighted by molar-refractivity contribution is 9.10. The number of tetrazole rings is 1. The monoisotopic (exact) mass is 584 g/mol. The standard InChI is InChI=1S/C27H33BrN6O4/c1-5-8-11-14-38-25-19(28)15-18(16-22(25)37-7-3)24-23(17(4)29-27-31-32-33-34(24)27)26(35)30-20-12-9-10-13-21(20)36-6-2/h9-10,12-13,15-16,24H,5-8,11,14H2,1-4H3,(H,30,35)(H,29,31,33). The molecule has 1 atom stereocenters. The molecule has 1 amide bonds. The molecule has 3 aromatic rings. The van der Waals surface area contributed by atoms with Crippen molar-refractivity contribution in [2.45, 2.75) is 53.0 Å². The van der Waals surface area contributed by atoms with Crippen molar-refractivity contribution in [3.8, 4) is 17.2 Å². The molecular weight excluding hydrogens is 552 g/mol. The smallest absolute Gasteiger partial charge is 0.255 e. The van der Waals surface area contributed by atoms with E-state index in [-0.39, 0.29) is 5.91 Å². The minimum atomic E-state index is -0.620. The van der Waals surface area contributed by atoms with E-state index in [1.54, 1.807) is 10.7 Å². The number of carbonyl (C=O) groups is 1. The fraction of sp³-hybridized carbons (Fsp3) is 0.407. The van der Waals surface area contributed by atoms with Gasteiger partial charge in [0.05, 0.1) is 35.6 Å². The number of amides is 1. The van der Waals surface area contributed by atoms with Crippen LogP contribution in [0, 0.1) is 0 Å². The fourth-order valence-corrected chi connectivity index (χ4v) is 4.90. The van der Waals surface area contributed by atoms with E-state index >= 15 is 0 Å². The van der Waals surface area contributed by atoms with Crippen LogP contribution in [0.3, 0.4) is 0 Å². The number of unbranched alkanes of at least 4 members (excludes halogenated alkanes) is 2. The molecule has 1 aliphatic heterocycles. The minimum absolute atomic E-state index is 0.303. The molecule has 10 nitrogen and oxygen atoms in total. The van der Waals surface area contributed by atoms with Crippen molar-refractivity contribution in [1.82, 2.24) is 20.2 Å². The van der Waals surface area contributed by atoms with E-state index in [1.165, 1.54) is 0 Å². The lowest BCUT2D eigenvalue weighted by Gasteiger charge is -2.29. The molecule has 2 aromatic carbocycles. The van der Waals surface area contributed by atoms with Gasteiger partial charge in [0.15, 0.2) is 11.5 Å². The van der Waals surface area contributed by atoms with E-state index in [0.29, 0.717) is 60.0 Å². The lowest BCUT2D eigenvalue weighted by atomic mass is 9.94. The molecule has 0 saturated carbocycles. The maximum absolute atomic E-state index is 13.8. The molecule has 202 valence electrons. The van der Waals surface area contributed by atoms with Gasteiger partial charge in [-0.25, -0.2) is 0 Å². The number of carbonyl (C=O) groups excluding carboxylic acids is 1. The zero-order valence-electron chi connectivity index (χ0n) is 22.1. The lowest BCUT2D eigenvalue weighted by Crippen LogP contribution is -2.31. The van der Waals surface area contributed by atoms with Gasteiger partial charge < -0.3 is 24.8 Å². The quantitative estimate of drug-likeness (QED) is 0.259. The number of anilines is 2. The molecule has 0 saturated heterocycles. The molecular formula is C27H33BrN6O4. The number of fused-ring (bicyclic) bond motifs is 1. The Balaban J connectivity index is 1.74. The van der Waals surface area contributed by atoms with Crippen molar-refractivity contribution >= 4 is 33.5 Å². The number of hydrogen-bond donors (Lipinski definition) is 2. The van der Waals surface area contributed by atoms with Gasteiger partial charge in [0.2, 0.25) is 5.95 Å². The number of nitrogens with one attached hydrogen (secondary N) is 2. The van der Waals surface area contributed by atoms with Gasteiger partial charge in [-0.1, -0.05) is 37.0 Å². The third-order valence-corrected chi connectivity index (χ3v) is 6.62. The zero-order chi connectivity index (χ0) is 27.1. The van der Waals surface area contributed by atoms with Crippen molar-refractivity contribution in [2.75, 3.05) is 30.5 Å². The van der Waals surface area contributed by atoms with Crippen LogP contribution in [-0.2, 0) is 4.79 Å². The summed E-state index contributed by atoms with van der Waals surface area (Å²) in [6.45, 7) is 9.33. The van der Waals surface area contributed by atoms with E-state index in [1.807, 2.05) is 51.1 Å². The van der Waals surface area contributed by atoms with Crippen LogP contribution in [0.1, 0.15) is 58.6 Å². The first-order chi connectivity index (χ1) is 18.5. The summed E-state index contributed by atoms with van der Waals surface area (Å²) >= 11 is 3.67. The van der Waals surface area contributed by atoms with Crippen LogP contribution < -0.4 is 24.8 Å². The number of benzene rings is 2. The van der Waals surface area contributed by atoms with Crippen LogP contribution in [-0.4, -0.2) is 45.9 Å². The molecule has 1 aliphatic rings. The third-order valence-electron chi connectivity index (χ3n) is 6.04. The van der Waals surface area contributed by atoms with Crippen LogP contribution >= 0.6 is 15.9 Å². The Bertz CT molecular complexity index is 1310. The average Bonchev–Trinajstić information content (AvgIpc) is 3.36. The van der Waals surface area contributed by atoms with Crippen molar-refractivity contribution in [3.63, 3.8) is 0 Å². The van der Waals surface area contributed by atoms with Crippen molar-refractivity contribution < 1.29 is 19.0 Å². The summed E-state index contributed by atoms with van der Waals surface area (Å²) in [5, 5.41) is 18.3. The molecule has 1 aromatic heterocycles.